The van der Waals surface area contributed by atoms with E-state index < -0.39 is 0 Å². The fourth-order valence-corrected chi connectivity index (χ4v) is 2.83. The highest BCUT2D eigenvalue weighted by Crippen LogP contribution is 2.35. The molecule has 0 saturated carbocycles. The number of hydrogen-bond acceptors (Lipinski definition) is 4. The van der Waals surface area contributed by atoms with E-state index in [2.05, 4.69) is 10.3 Å². The summed E-state index contributed by atoms with van der Waals surface area (Å²) in [7, 11) is 0. The Morgan fingerprint density at radius 1 is 1.31 bits per heavy atom. The molecule has 26 heavy (non-hydrogen) atoms. The molecule has 0 bridgehead atoms. The topological polar surface area (TPSA) is 64.4 Å². The zero-order valence-electron chi connectivity index (χ0n) is 15.4. The van der Waals surface area contributed by atoms with Gasteiger partial charge >= 0.3 is 0 Å². The number of allylic oxidation sites excluding steroid dienone is 1. The molecular formula is C21H22N2O3. The molecule has 0 unspecified atom stereocenters. The van der Waals surface area contributed by atoms with Gasteiger partial charge in [-0.3, -0.25) is 4.79 Å². The Morgan fingerprint density at radius 2 is 2.12 bits per heavy atom. The minimum absolute atomic E-state index is 0.233. The number of rotatable bonds is 5. The molecule has 134 valence electrons. The molecule has 2 heterocycles. The monoisotopic (exact) mass is 350 g/mol. The molecule has 0 aliphatic rings. The lowest BCUT2D eigenvalue weighted by Crippen LogP contribution is -2.09. The van der Waals surface area contributed by atoms with Gasteiger partial charge in [0.05, 0.1) is 6.61 Å². The zero-order chi connectivity index (χ0) is 18.7. The number of carbonyl (C=O) groups excluding carboxylic acids is 1. The first kappa shape index (κ1) is 17.7. The van der Waals surface area contributed by atoms with Gasteiger partial charge in [-0.2, -0.15) is 0 Å². The van der Waals surface area contributed by atoms with Crippen LogP contribution in [0.25, 0.3) is 16.5 Å². The van der Waals surface area contributed by atoms with E-state index in [1.165, 1.54) is 0 Å². The van der Waals surface area contributed by atoms with Crippen LogP contribution in [0.3, 0.4) is 0 Å². The summed E-state index contributed by atoms with van der Waals surface area (Å²) in [4.78, 5) is 16.4. The maximum Gasteiger partial charge on any atom is 0.249 e. The predicted molar refractivity (Wildman–Crippen MR) is 103 cm³/mol. The summed E-state index contributed by atoms with van der Waals surface area (Å²) in [6, 6.07) is 9.28. The third kappa shape index (κ3) is 3.61. The second-order valence-electron chi connectivity index (χ2n) is 6.09. The van der Waals surface area contributed by atoms with Gasteiger partial charge in [0.15, 0.2) is 0 Å². The Hall–Kier alpha value is -3.08. The van der Waals surface area contributed by atoms with Gasteiger partial charge in [-0.25, -0.2) is 4.98 Å². The molecule has 1 N–H and O–H groups in total. The first-order chi connectivity index (χ1) is 12.5. The molecule has 0 spiro atoms. The van der Waals surface area contributed by atoms with Gasteiger partial charge in [-0.1, -0.05) is 6.07 Å². The number of furan rings is 1. The number of ether oxygens (including phenoxy) is 1. The number of amides is 1. The molecule has 0 saturated heterocycles. The van der Waals surface area contributed by atoms with E-state index in [4.69, 9.17) is 9.15 Å². The zero-order valence-corrected chi connectivity index (χ0v) is 15.4. The van der Waals surface area contributed by atoms with Crippen LogP contribution in [-0.2, 0) is 4.79 Å². The van der Waals surface area contributed by atoms with E-state index in [1.54, 1.807) is 24.4 Å². The Bertz CT molecular complexity index is 972. The van der Waals surface area contributed by atoms with Crippen LogP contribution >= 0.6 is 0 Å². The van der Waals surface area contributed by atoms with E-state index in [1.807, 2.05) is 45.9 Å². The lowest BCUT2D eigenvalue weighted by molar-refractivity contribution is -0.111. The standard InChI is InChI=1S/C21H22N2O3/c1-5-25-18-12-19-17(14(3)15(4)26-19)11-16(18)13(2)10-21(24)23-20-8-6-7-9-22-20/h6-12H,5H2,1-4H3,(H,22,23,24)/b13-10+. The summed E-state index contributed by atoms with van der Waals surface area (Å²) >= 11 is 0. The number of pyridine rings is 1. The van der Waals surface area contributed by atoms with E-state index >= 15 is 0 Å². The number of aryl methyl sites for hydroxylation is 2. The highest BCUT2D eigenvalue weighted by atomic mass is 16.5. The first-order valence-corrected chi connectivity index (χ1v) is 8.56. The van der Waals surface area contributed by atoms with Crippen LogP contribution in [0.5, 0.6) is 5.75 Å². The number of nitrogens with zero attached hydrogens (tertiary/aromatic N) is 1. The van der Waals surface area contributed by atoms with E-state index in [9.17, 15) is 4.79 Å². The van der Waals surface area contributed by atoms with Crippen LogP contribution in [-0.4, -0.2) is 17.5 Å². The number of hydrogen-bond donors (Lipinski definition) is 1. The molecule has 3 rings (SSSR count). The SMILES string of the molecule is CCOc1cc2oc(C)c(C)c2cc1/C(C)=C/C(=O)Nc1ccccn1. The van der Waals surface area contributed by atoms with Crippen molar-refractivity contribution in [2.45, 2.75) is 27.7 Å². The molecule has 5 heteroatoms. The van der Waals surface area contributed by atoms with Crippen molar-refractivity contribution >= 4 is 28.3 Å². The molecule has 0 atom stereocenters. The average molecular weight is 350 g/mol. The van der Waals surface area contributed by atoms with Crippen molar-refractivity contribution in [3.05, 3.63) is 59.5 Å². The summed E-state index contributed by atoms with van der Waals surface area (Å²) < 4.78 is 11.6. The third-order valence-corrected chi connectivity index (χ3v) is 4.27. The maximum atomic E-state index is 12.3. The van der Waals surface area contributed by atoms with Crippen LogP contribution in [0, 0.1) is 13.8 Å². The average Bonchev–Trinajstić information content (AvgIpc) is 2.89. The van der Waals surface area contributed by atoms with Crippen LogP contribution < -0.4 is 10.1 Å². The van der Waals surface area contributed by atoms with Gasteiger partial charge in [0.2, 0.25) is 5.91 Å². The second-order valence-corrected chi connectivity index (χ2v) is 6.09. The summed E-state index contributed by atoms with van der Waals surface area (Å²) in [5.74, 6) is 1.87. The molecule has 2 aromatic heterocycles. The highest BCUT2D eigenvalue weighted by molar-refractivity contribution is 6.04. The Labute approximate surface area is 152 Å². The van der Waals surface area contributed by atoms with E-state index in [0.717, 1.165) is 33.4 Å². The quantitative estimate of drug-likeness (QED) is 0.666. The molecule has 3 aromatic rings. The number of anilines is 1. The van der Waals surface area contributed by atoms with Gasteiger partial charge in [-0.15, -0.1) is 0 Å². The van der Waals surface area contributed by atoms with Gasteiger partial charge < -0.3 is 14.5 Å². The predicted octanol–water partition coefficient (Wildman–Crippen LogP) is 4.89. The second kappa shape index (κ2) is 7.44. The third-order valence-electron chi connectivity index (χ3n) is 4.27. The van der Waals surface area contributed by atoms with Crippen molar-refractivity contribution < 1.29 is 13.9 Å². The molecule has 1 aromatic carbocycles. The normalized spacial score (nSPS) is 11.6. The van der Waals surface area contributed by atoms with Gasteiger partial charge in [-0.05, 0) is 57.0 Å². The minimum atomic E-state index is -0.233. The Balaban J connectivity index is 1.97. The van der Waals surface area contributed by atoms with Crippen molar-refractivity contribution in [3.8, 4) is 5.75 Å². The molecule has 0 aliphatic heterocycles. The fraction of sp³-hybridized carbons (Fsp3) is 0.238. The highest BCUT2D eigenvalue weighted by Gasteiger charge is 2.14. The number of nitrogens with one attached hydrogen (secondary N) is 1. The maximum absolute atomic E-state index is 12.3. The van der Waals surface area contributed by atoms with Crippen LogP contribution in [0.15, 0.2) is 47.0 Å². The smallest absolute Gasteiger partial charge is 0.249 e. The summed E-state index contributed by atoms with van der Waals surface area (Å²) in [6.45, 7) is 8.32. The van der Waals surface area contributed by atoms with Crippen molar-refractivity contribution in [1.29, 1.82) is 0 Å². The summed E-state index contributed by atoms with van der Waals surface area (Å²) in [6.07, 6.45) is 3.19. The number of carbonyl (C=O) groups is 1. The number of aromatic nitrogens is 1. The molecule has 1 amide bonds. The molecule has 0 fully saturated rings. The molecule has 0 aliphatic carbocycles. The van der Waals surface area contributed by atoms with Crippen molar-refractivity contribution in [1.82, 2.24) is 4.98 Å². The Morgan fingerprint density at radius 3 is 2.81 bits per heavy atom. The van der Waals surface area contributed by atoms with Crippen molar-refractivity contribution in [2.75, 3.05) is 11.9 Å². The van der Waals surface area contributed by atoms with Crippen LogP contribution in [0.2, 0.25) is 0 Å². The number of fused-ring (bicyclic) bond motifs is 1. The van der Waals surface area contributed by atoms with Gasteiger partial charge in [0.1, 0.15) is 22.9 Å². The lowest BCUT2D eigenvalue weighted by Gasteiger charge is -2.11. The molecular weight excluding hydrogens is 328 g/mol. The minimum Gasteiger partial charge on any atom is -0.493 e. The lowest BCUT2D eigenvalue weighted by atomic mass is 10.0. The largest absolute Gasteiger partial charge is 0.493 e. The van der Waals surface area contributed by atoms with Crippen molar-refractivity contribution in [2.24, 2.45) is 0 Å². The van der Waals surface area contributed by atoms with Gasteiger partial charge in [0.25, 0.3) is 0 Å². The Kier molecular flexibility index (Phi) is 5.07. The van der Waals surface area contributed by atoms with Crippen LogP contribution in [0.1, 0.15) is 30.7 Å². The summed E-state index contributed by atoms with van der Waals surface area (Å²) in [5, 5.41) is 3.79. The fourth-order valence-electron chi connectivity index (χ4n) is 2.83. The van der Waals surface area contributed by atoms with Crippen LogP contribution in [0.4, 0.5) is 5.82 Å². The summed E-state index contributed by atoms with van der Waals surface area (Å²) in [5.41, 5.74) is 3.56. The van der Waals surface area contributed by atoms with Gasteiger partial charge in [0, 0.05) is 29.3 Å². The molecule has 0 radical (unpaired) electrons. The van der Waals surface area contributed by atoms with E-state index in [0.29, 0.717) is 18.2 Å². The van der Waals surface area contributed by atoms with Crippen molar-refractivity contribution in [3.63, 3.8) is 0 Å². The number of benzene rings is 1. The molecule has 5 nitrogen and oxygen atoms in total. The first-order valence-electron chi connectivity index (χ1n) is 8.56. The van der Waals surface area contributed by atoms with E-state index in [-0.39, 0.29) is 5.91 Å².